The summed E-state index contributed by atoms with van der Waals surface area (Å²) in [5.74, 6) is -1.18. The molecule has 0 saturated carbocycles. The number of hydrogen-bond acceptors (Lipinski definition) is 3. The fraction of sp³-hybridized carbons (Fsp3) is 0.231. The first-order valence-corrected chi connectivity index (χ1v) is 7.17. The molecule has 0 aliphatic carbocycles. The maximum absolute atomic E-state index is 11.3. The Balaban J connectivity index is 2.12. The number of carbonyl (C=O) groups is 1. The molecule has 0 radical (unpaired) electrons. The smallest absolute Gasteiger partial charge is 0.307 e. The third-order valence-corrected chi connectivity index (χ3v) is 4.28. The number of thiazole rings is 1. The monoisotopic (exact) mass is 325 g/mol. The van der Waals surface area contributed by atoms with Crippen LogP contribution in [0.25, 0.3) is 0 Å². The van der Waals surface area contributed by atoms with Crippen LogP contribution in [0.1, 0.15) is 10.4 Å². The number of carboxylic acid groups (broad SMARTS) is 1. The summed E-state index contributed by atoms with van der Waals surface area (Å²) < 4.78 is 0.959. The van der Waals surface area contributed by atoms with E-state index in [9.17, 15) is 9.90 Å². The normalized spacial score (nSPS) is 12.3. The topological polar surface area (TPSA) is 50.2 Å². The molecule has 0 amide bonds. The second-order valence-corrected chi connectivity index (χ2v) is 5.83. The Morgan fingerprint density at radius 1 is 1.39 bits per heavy atom. The fourth-order valence-corrected chi connectivity index (χ4v) is 2.88. The zero-order valence-corrected chi connectivity index (χ0v) is 11.9. The summed E-state index contributed by atoms with van der Waals surface area (Å²) in [6, 6.07) is 7.73. The average Bonchev–Trinajstić information content (AvgIpc) is 2.83. The molecule has 0 saturated heterocycles. The molecule has 0 aliphatic rings. The van der Waals surface area contributed by atoms with E-state index in [2.05, 4.69) is 20.9 Å². The first-order chi connectivity index (χ1) is 8.66. The van der Waals surface area contributed by atoms with E-state index in [1.54, 1.807) is 11.7 Å². The molecule has 5 heteroatoms. The zero-order chi connectivity index (χ0) is 13.0. The minimum absolute atomic E-state index is 0.413. The van der Waals surface area contributed by atoms with Crippen LogP contribution in [0, 0.1) is 5.92 Å². The van der Waals surface area contributed by atoms with Gasteiger partial charge >= 0.3 is 5.97 Å². The lowest BCUT2D eigenvalue weighted by molar-refractivity contribution is -0.141. The van der Waals surface area contributed by atoms with Crippen molar-refractivity contribution in [2.24, 2.45) is 5.92 Å². The predicted octanol–water partition coefficient (Wildman–Crippen LogP) is 3.39. The summed E-state index contributed by atoms with van der Waals surface area (Å²) in [6.45, 7) is 0. The molecule has 1 aromatic heterocycles. The molecule has 94 valence electrons. The SMILES string of the molecule is O=C(O)C(Cc1cncs1)Cc1ccccc1Br. The number of nitrogens with zero attached hydrogens (tertiary/aromatic N) is 1. The number of aliphatic carboxylic acids is 1. The van der Waals surface area contributed by atoms with E-state index in [4.69, 9.17) is 0 Å². The Labute approximate surface area is 118 Å². The van der Waals surface area contributed by atoms with E-state index in [-0.39, 0.29) is 0 Å². The summed E-state index contributed by atoms with van der Waals surface area (Å²) in [6.07, 6.45) is 2.79. The number of rotatable bonds is 5. The standard InChI is InChI=1S/C13H12BrNO2S/c14-12-4-2-1-3-9(12)5-10(13(16)17)6-11-7-15-8-18-11/h1-4,7-8,10H,5-6H2,(H,16,17). The van der Waals surface area contributed by atoms with Gasteiger partial charge in [-0.25, -0.2) is 0 Å². The van der Waals surface area contributed by atoms with Gasteiger partial charge in [0.05, 0.1) is 11.4 Å². The van der Waals surface area contributed by atoms with Crippen molar-refractivity contribution in [2.75, 3.05) is 0 Å². The maximum atomic E-state index is 11.3. The van der Waals surface area contributed by atoms with Crippen molar-refractivity contribution in [3.8, 4) is 0 Å². The van der Waals surface area contributed by atoms with Crippen LogP contribution in [-0.2, 0) is 17.6 Å². The Morgan fingerprint density at radius 2 is 2.17 bits per heavy atom. The van der Waals surface area contributed by atoms with Crippen molar-refractivity contribution in [1.82, 2.24) is 4.98 Å². The first kappa shape index (κ1) is 13.2. The van der Waals surface area contributed by atoms with Gasteiger partial charge < -0.3 is 5.11 Å². The molecule has 0 aliphatic heterocycles. The molecule has 1 aromatic carbocycles. The van der Waals surface area contributed by atoms with Crippen LogP contribution in [0.2, 0.25) is 0 Å². The zero-order valence-electron chi connectivity index (χ0n) is 9.54. The fourth-order valence-electron chi connectivity index (χ4n) is 1.76. The van der Waals surface area contributed by atoms with Gasteiger partial charge in [0.1, 0.15) is 0 Å². The van der Waals surface area contributed by atoms with Crippen LogP contribution in [0.3, 0.4) is 0 Å². The second kappa shape index (κ2) is 6.11. The molecular weight excluding hydrogens is 314 g/mol. The van der Waals surface area contributed by atoms with E-state index >= 15 is 0 Å². The molecule has 0 fully saturated rings. The Kier molecular flexibility index (Phi) is 4.49. The van der Waals surface area contributed by atoms with Gasteiger partial charge in [0.2, 0.25) is 0 Å². The molecule has 2 aromatic rings. The van der Waals surface area contributed by atoms with Gasteiger partial charge in [0.25, 0.3) is 0 Å². The molecule has 1 heterocycles. The minimum Gasteiger partial charge on any atom is -0.481 e. The van der Waals surface area contributed by atoms with Gasteiger partial charge in [-0.1, -0.05) is 34.1 Å². The van der Waals surface area contributed by atoms with Gasteiger partial charge in [-0.05, 0) is 24.5 Å². The maximum Gasteiger partial charge on any atom is 0.307 e. The number of hydrogen-bond donors (Lipinski definition) is 1. The summed E-state index contributed by atoms with van der Waals surface area (Å²) >= 11 is 4.95. The van der Waals surface area contributed by atoms with Gasteiger partial charge in [-0.2, -0.15) is 0 Å². The van der Waals surface area contributed by atoms with Gasteiger partial charge in [0, 0.05) is 15.5 Å². The highest BCUT2D eigenvalue weighted by Crippen LogP contribution is 2.22. The summed E-state index contributed by atoms with van der Waals surface area (Å²) in [7, 11) is 0. The first-order valence-electron chi connectivity index (χ1n) is 5.50. The average molecular weight is 326 g/mol. The van der Waals surface area contributed by atoms with Crippen LogP contribution in [0.4, 0.5) is 0 Å². The summed E-state index contributed by atoms with van der Waals surface area (Å²) in [4.78, 5) is 16.3. The molecule has 2 rings (SSSR count). The van der Waals surface area contributed by atoms with Crippen LogP contribution >= 0.6 is 27.3 Å². The van der Waals surface area contributed by atoms with Crippen molar-refractivity contribution in [3.05, 3.63) is 50.9 Å². The second-order valence-electron chi connectivity index (χ2n) is 4.00. The van der Waals surface area contributed by atoms with E-state index in [1.807, 2.05) is 24.3 Å². The Hall–Kier alpha value is -1.20. The van der Waals surface area contributed by atoms with Gasteiger partial charge in [-0.3, -0.25) is 9.78 Å². The molecule has 3 nitrogen and oxygen atoms in total. The van der Waals surface area contributed by atoms with Crippen molar-refractivity contribution in [3.63, 3.8) is 0 Å². The molecule has 0 bridgehead atoms. The van der Waals surface area contributed by atoms with Crippen molar-refractivity contribution >= 4 is 33.2 Å². The highest BCUT2D eigenvalue weighted by Gasteiger charge is 2.20. The molecule has 1 atom stereocenters. The lowest BCUT2D eigenvalue weighted by Crippen LogP contribution is -2.19. The summed E-state index contributed by atoms with van der Waals surface area (Å²) in [5, 5.41) is 9.29. The van der Waals surface area contributed by atoms with E-state index < -0.39 is 11.9 Å². The highest BCUT2D eigenvalue weighted by atomic mass is 79.9. The minimum atomic E-state index is -0.765. The van der Waals surface area contributed by atoms with Gasteiger partial charge in [-0.15, -0.1) is 11.3 Å². The number of benzene rings is 1. The van der Waals surface area contributed by atoms with Crippen LogP contribution in [-0.4, -0.2) is 16.1 Å². The number of aromatic nitrogens is 1. The third-order valence-electron chi connectivity index (χ3n) is 2.70. The molecular formula is C13H12BrNO2S. The summed E-state index contributed by atoms with van der Waals surface area (Å²) in [5.41, 5.74) is 2.75. The van der Waals surface area contributed by atoms with Crippen molar-refractivity contribution < 1.29 is 9.90 Å². The third kappa shape index (κ3) is 3.40. The molecule has 0 spiro atoms. The molecule has 1 unspecified atom stereocenters. The largest absolute Gasteiger partial charge is 0.481 e. The highest BCUT2D eigenvalue weighted by molar-refractivity contribution is 9.10. The predicted molar refractivity (Wildman–Crippen MR) is 74.8 cm³/mol. The lowest BCUT2D eigenvalue weighted by atomic mass is 9.96. The van der Waals surface area contributed by atoms with E-state index in [0.29, 0.717) is 12.8 Å². The molecule has 1 N–H and O–H groups in total. The van der Waals surface area contributed by atoms with Crippen LogP contribution in [0.15, 0.2) is 40.4 Å². The van der Waals surface area contributed by atoms with Crippen molar-refractivity contribution in [1.29, 1.82) is 0 Å². The lowest BCUT2D eigenvalue weighted by Gasteiger charge is -2.12. The molecule has 18 heavy (non-hydrogen) atoms. The Morgan fingerprint density at radius 3 is 2.78 bits per heavy atom. The van der Waals surface area contributed by atoms with Gasteiger partial charge in [0.15, 0.2) is 0 Å². The van der Waals surface area contributed by atoms with E-state index in [1.165, 1.54) is 11.3 Å². The van der Waals surface area contributed by atoms with Crippen molar-refractivity contribution in [2.45, 2.75) is 12.8 Å². The Bertz CT molecular complexity index is 528. The van der Waals surface area contributed by atoms with E-state index in [0.717, 1.165) is 14.9 Å². The number of carboxylic acids is 1. The quantitative estimate of drug-likeness (QED) is 0.916. The van der Waals surface area contributed by atoms with Crippen LogP contribution in [0.5, 0.6) is 0 Å². The number of halogens is 1. The van der Waals surface area contributed by atoms with Crippen LogP contribution < -0.4 is 0 Å².